The molecule has 0 aliphatic rings. The largest absolute Gasteiger partial charge is 0.496 e. The lowest BCUT2D eigenvalue weighted by Crippen LogP contribution is -2.01. The van der Waals surface area contributed by atoms with E-state index in [-0.39, 0.29) is 0 Å². The van der Waals surface area contributed by atoms with Crippen LogP contribution in [0.1, 0.15) is 11.1 Å². The van der Waals surface area contributed by atoms with Gasteiger partial charge in [-0.15, -0.1) is 0 Å². The summed E-state index contributed by atoms with van der Waals surface area (Å²) in [7, 11) is 3.53. The monoisotopic (exact) mass is 376 g/mol. The number of ether oxygens (including phenoxy) is 2. The fourth-order valence-corrected chi connectivity index (χ4v) is 3.10. The van der Waals surface area contributed by atoms with E-state index < -0.39 is 0 Å². The first-order chi connectivity index (χ1) is 13.5. The normalized spacial score (nSPS) is 11.0. The number of hydrogen-bond acceptors (Lipinski definition) is 7. The number of aryl methyl sites for hydroxylation is 2. The molecule has 0 radical (unpaired) electrons. The Labute approximate surface area is 162 Å². The second-order valence-corrected chi connectivity index (χ2v) is 6.53. The van der Waals surface area contributed by atoms with Gasteiger partial charge in [-0.2, -0.15) is 0 Å². The minimum absolute atomic E-state index is 0.304. The maximum Gasteiger partial charge on any atom is 0.233 e. The lowest BCUT2D eigenvalue weighted by molar-refractivity contribution is 0.402. The molecule has 0 fully saturated rings. The van der Waals surface area contributed by atoms with Gasteiger partial charge in [-0.05, 0) is 31.5 Å². The molecule has 4 aromatic rings. The smallest absolute Gasteiger partial charge is 0.233 e. The highest BCUT2D eigenvalue weighted by atomic mass is 16.5. The Morgan fingerprint density at radius 2 is 1.89 bits per heavy atom. The average Bonchev–Trinajstić information content (AvgIpc) is 3.11. The van der Waals surface area contributed by atoms with Crippen molar-refractivity contribution in [2.24, 2.45) is 7.05 Å². The molecule has 0 amide bonds. The van der Waals surface area contributed by atoms with E-state index in [1.165, 1.54) is 6.33 Å². The van der Waals surface area contributed by atoms with Gasteiger partial charge in [0.25, 0.3) is 0 Å². The summed E-state index contributed by atoms with van der Waals surface area (Å²) < 4.78 is 13.5. The van der Waals surface area contributed by atoms with Crippen LogP contribution in [0, 0.1) is 13.8 Å². The molecular weight excluding hydrogens is 356 g/mol. The number of benzene rings is 1. The molecule has 0 aliphatic carbocycles. The zero-order valence-electron chi connectivity index (χ0n) is 16.1. The van der Waals surface area contributed by atoms with E-state index in [0.717, 1.165) is 16.9 Å². The highest BCUT2D eigenvalue weighted by Crippen LogP contribution is 2.38. The van der Waals surface area contributed by atoms with Crippen molar-refractivity contribution < 1.29 is 9.47 Å². The first-order valence-corrected chi connectivity index (χ1v) is 8.69. The third-order valence-electron chi connectivity index (χ3n) is 4.55. The summed E-state index contributed by atoms with van der Waals surface area (Å²) in [4.78, 5) is 17.5. The fraction of sp³-hybridized carbons (Fsp3) is 0.200. The minimum atomic E-state index is 0.304. The quantitative estimate of drug-likeness (QED) is 0.582. The summed E-state index contributed by atoms with van der Waals surface area (Å²) in [6.07, 6.45) is 5.02. The van der Waals surface area contributed by atoms with Crippen molar-refractivity contribution in [1.29, 1.82) is 0 Å². The number of fused-ring (bicyclic) bond motifs is 1. The summed E-state index contributed by atoms with van der Waals surface area (Å²) in [5.41, 5.74) is 9.93. The van der Waals surface area contributed by atoms with Crippen molar-refractivity contribution in [2.75, 3.05) is 12.8 Å². The van der Waals surface area contributed by atoms with Crippen LogP contribution in [-0.4, -0.2) is 31.6 Å². The maximum atomic E-state index is 6.26. The van der Waals surface area contributed by atoms with Gasteiger partial charge in [-0.3, -0.25) is 0 Å². The van der Waals surface area contributed by atoms with Crippen LogP contribution >= 0.6 is 0 Å². The molecule has 0 spiro atoms. The number of imidazole rings is 1. The second-order valence-electron chi connectivity index (χ2n) is 6.53. The molecule has 0 aliphatic heterocycles. The van der Waals surface area contributed by atoms with E-state index in [2.05, 4.69) is 19.9 Å². The van der Waals surface area contributed by atoms with Gasteiger partial charge in [0.15, 0.2) is 0 Å². The number of nitrogen functional groups attached to an aromatic ring is 1. The number of methoxy groups -OCH3 is 1. The van der Waals surface area contributed by atoms with E-state index in [4.69, 9.17) is 15.2 Å². The summed E-state index contributed by atoms with van der Waals surface area (Å²) in [5, 5.41) is 0.559. The molecule has 0 saturated carbocycles. The van der Waals surface area contributed by atoms with Gasteiger partial charge in [0, 0.05) is 18.8 Å². The molecule has 8 nitrogen and oxygen atoms in total. The van der Waals surface area contributed by atoms with Crippen molar-refractivity contribution in [1.82, 2.24) is 24.5 Å². The minimum Gasteiger partial charge on any atom is -0.496 e. The zero-order valence-corrected chi connectivity index (χ0v) is 16.1. The van der Waals surface area contributed by atoms with Gasteiger partial charge < -0.3 is 19.8 Å². The van der Waals surface area contributed by atoms with Crippen molar-refractivity contribution in [3.63, 3.8) is 0 Å². The van der Waals surface area contributed by atoms with Crippen LogP contribution < -0.4 is 15.2 Å². The molecule has 142 valence electrons. The Kier molecular flexibility index (Phi) is 4.31. The third-order valence-corrected chi connectivity index (χ3v) is 4.55. The highest BCUT2D eigenvalue weighted by molar-refractivity contribution is 5.94. The molecule has 2 N–H and O–H groups in total. The molecule has 0 bridgehead atoms. The second kappa shape index (κ2) is 6.80. The molecule has 0 atom stereocenters. The lowest BCUT2D eigenvalue weighted by Gasteiger charge is -2.16. The lowest BCUT2D eigenvalue weighted by atomic mass is 10.1. The summed E-state index contributed by atoms with van der Waals surface area (Å²) in [5.74, 6) is 2.03. The van der Waals surface area contributed by atoms with E-state index in [1.54, 1.807) is 13.4 Å². The molecular formula is C20H20N6O2. The van der Waals surface area contributed by atoms with Gasteiger partial charge >= 0.3 is 0 Å². The van der Waals surface area contributed by atoms with Crippen LogP contribution in [0.25, 0.3) is 22.3 Å². The van der Waals surface area contributed by atoms with Crippen LogP contribution in [-0.2, 0) is 7.05 Å². The van der Waals surface area contributed by atoms with Crippen molar-refractivity contribution in [3.05, 3.63) is 48.2 Å². The number of nitrogens with two attached hydrogens (primary N) is 1. The predicted molar refractivity (Wildman–Crippen MR) is 106 cm³/mol. The van der Waals surface area contributed by atoms with Gasteiger partial charge in [0.05, 0.1) is 24.6 Å². The Hall–Kier alpha value is -3.68. The molecule has 3 heterocycles. The van der Waals surface area contributed by atoms with Crippen LogP contribution in [0.5, 0.6) is 17.4 Å². The topological polar surface area (TPSA) is 101 Å². The van der Waals surface area contributed by atoms with Crippen molar-refractivity contribution >= 4 is 16.7 Å². The number of rotatable bonds is 4. The van der Waals surface area contributed by atoms with Crippen LogP contribution in [0.4, 0.5) is 5.82 Å². The summed E-state index contributed by atoms with van der Waals surface area (Å²) in [6, 6.07) is 5.67. The van der Waals surface area contributed by atoms with E-state index in [0.29, 0.717) is 39.7 Å². The first kappa shape index (κ1) is 17.7. The highest BCUT2D eigenvalue weighted by Gasteiger charge is 2.18. The van der Waals surface area contributed by atoms with E-state index in [9.17, 15) is 0 Å². The molecule has 28 heavy (non-hydrogen) atoms. The van der Waals surface area contributed by atoms with E-state index >= 15 is 0 Å². The number of nitrogens with zero attached hydrogens (tertiary/aromatic N) is 5. The predicted octanol–water partition coefficient (Wildman–Crippen LogP) is 3.43. The molecule has 8 heteroatoms. The van der Waals surface area contributed by atoms with Gasteiger partial charge in [-0.25, -0.2) is 19.9 Å². The average molecular weight is 376 g/mol. The van der Waals surface area contributed by atoms with Crippen molar-refractivity contribution in [2.45, 2.75) is 13.8 Å². The molecule has 0 saturated heterocycles. The number of pyridine rings is 1. The molecule has 4 rings (SSSR count). The Morgan fingerprint density at radius 3 is 2.61 bits per heavy atom. The third kappa shape index (κ3) is 2.98. The fourth-order valence-electron chi connectivity index (χ4n) is 3.10. The van der Waals surface area contributed by atoms with E-state index in [1.807, 2.05) is 49.9 Å². The van der Waals surface area contributed by atoms with Gasteiger partial charge in [0.1, 0.15) is 34.7 Å². The SMILES string of the molecule is COc1ccc(C)c(Oc2nc(-c3cn(C)cn3)cc3ncnc(N)c23)c1C. The summed E-state index contributed by atoms with van der Waals surface area (Å²) in [6.45, 7) is 3.90. The van der Waals surface area contributed by atoms with Crippen LogP contribution in [0.3, 0.4) is 0 Å². The molecule has 3 aromatic heterocycles. The molecule has 0 unspecified atom stereocenters. The maximum absolute atomic E-state index is 6.26. The van der Waals surface area contributed by atoms with Gasteiger partial charge in [0.2, 0.25) is 5.88 Å². The van der Waals surface area contributed by atoms with Crippen molar-refractivity contribution in [3.8, 4) is 28.8 Å². The van der Waals surface area contributed by atoms with Crippen LogP contribution in [0.2, 0.25) is 0 Å². The Morgan fingerprint density at radius 1 is 1.07 bits per heavy atom. The zero-order chi connectivity index (χ0) is 19.8. The van der Waals surface area contributed by atoms with Gasteiger partial charge in [-0.1, -0.05) is 6.07 Å². The van der Waals surface area contributed by atoms with Crippen LogP contribution in [0.15, 0.2) is 37.1 Å². The Bertz CT molecular complexity index is 1180. The molecule has 1 aromatic carbocycles. The first-order valence-electron chi connectivity index (χ1n) is 8.69. The summed E-state index contributed by atoms with van der Waals surface area (Å²) >= 11 is 0. The standard InChI is InChI=1S/C20H20N6O2/c1-11-5-6-16(27-4)12(2)18(11)28-20-17-14(22-9-23-19(17)21)7-13(25-20)15-8-26(3)10-24-15/h5-10H,1-4H3,(H2,21,22,23). The Balaban J connectivity index is 1.93. The number of hydrogen-bond donors (Lipinski definition) is 1. The number of aromatic nitrogens is 5. The number of anilines is 1.